The Labute approximate surface area is 116 Å². The summed E-state index contributed by atoms with van der Waals surface area (Å²) < 4.78 is 0. The number of carbonyl (C=O) groups excluding carboxylic acids is 1. The van der Waals surface area contributed by atoms with Gasteiger partial charge in [0.2, 0.25) is 0 Å². The van der Waals surface area contributed by atoms with E-state index >= 15 is 0 Å². The van der Waals surface area contributed by atoms with Crippen molar-refractivity contribution in [3.05, 3.63) is 0 Å². The summed E-state index contributed by atoms with van der Waals surface area (Å²) in [6.07, 6.45) is 10.9. The fraction of sp³-hybridized carbons (Fsp3) is 0.933. The van der Waals surface area contributed by atoms with Gasteiger partial charge in [-0.25, -0.2) is 4.79 Å². The number of likely N-dealkylation sites (tertiary alicyclic amines) is 1. The number of carbonyl (C=O) groups is 1. The molecule has 0 spiro atoms. The number of hydrogen-bond acceptors (Lipinski definition) is 2. The lowest BCUT2D eigenvalue weighted by atomic mass is 9.80. The zero-order valence-corrected chi connectivity index (χ0v) is 11.9. The molecule has 0 aromatic heterocycles. The van der Waals surface area contributed by atoms with Crippen LogP contribution in [0.1, 0.15) is 57.8 Å². The van der Waals surface area contributed by atoms with Gasteiger partial charge in [0.25, 0.3) is 0 Å². The second-order valence-electron chi connectivity index (χ2n) is 6.79. The first-order valence-electron chi connectivity index (χ1n) is 8.02. The van der Waals surface area contributed by atoms with E-state index in [9.17, 15) is 4.79 Å². The average molecular weight is 265 g/mol. The van der Waals surface area contributed by atoms with Gasteiger partial charge in [-0.2, -0.15) is 0 Å². The third-order valence-electron chi connectivity index (χ3n) is 5.49. The maximum absolute atomic E-state index is 12.6. The smallest absolute Gasteiger partial charge is 0.318 e. The molecule has 1 heterocycles. The highest BCUT2D eigenvalue weighted by Crippen LogP contribution is 2.43. The minimum absolute atomic E-state index is 0.0261. The first kappa shape index (κ1) is 13.2. The molecule has 4 heteroatoms. The van der Waals surface area contributed by atoms with Crippen LogP contribution in [0.3, 0.4) is 0 Å². The van der Waals surface area contributed by atoms with Gasteiger partial charge in [-0.1, -0.05) is 25.7 Å². The quantitative estimate of drug-likeness (QED) is 0.804. The number of amides is 2. The van der Waals surface area contributed by atoms with E-state index in [2.05, 4.69) is 10.2 Å². The second-order valence-corrected chi connectivity index (χ2v) is 6.79. The second kappa shape index (κ2) is 5.31. The molecule has 2 saturated carbocycles. The Balaban J connectivity index is 1.65. The molecule has 2 amide bonds. The summed E-state index contributed by atoms with van der Waals surface area (Å²) in [5.41, 5.74) is 5.99. The Morgan fingerprint density at radius 3 is 2.74 bits per heavy atom. The predicted octanol–water partition coefficient (Wildman–Crippen LogP) is 2.23. The molecule has 0 radical (unpaired) electrons. The SMILES string of the molecule is NCC12CCCC(CN1C(=O)NC1CCCCC1)C2. The third-order valence-corrected chi connectivity index (χ3v) is 5.49. The van der Waals surface area contributed by atoms with Gasteiger partial charge in [0.05, 0.1) is 5.54 Å². The number of hydrogen-bond donors (Lipinski definition) is 2. The van der Waals surface area contributed by atoms with Gasteiger partial charge >= 0.3 is 6.03 Å². The molecule has 4 nitrogen and oxygen atoms in total. The van der Waals surface area contributed by atoms with Crippen molar-refractivity contribution in [3.63, 3.8) is 0 Å². The molecule has 3 N–H and O–H groups in total. The summed E-state index contributed by atoms with van der Waals surface area (Å²) in [7, 11) is 0. The number of nitrogens with zero attached hydrogens (tertiary/aromatic N) is 1. The molecule has 108 valence electrons. The average Bonchev–Trinajstić information content (AvgIpc) is 2.71. The number of nitrogens with one attached hydrogen (secondary N) is 1. The van der Waals surface area contributed by atoms with Gasteiger partial charge in [-0.15, -0.1) is 0 Å². The molecule has 2 unspecified atom stereocenters. The third kappa shape index (κ3) is 2.47. The molecule has 3 fully saturated rings. The number of nitrogens with two attached hydrogens (primary N) is 1. The van der Waals surface area contributed by atoms with Crippen molar-refractivity contribution in [2.45, 2.75) is 69.4 Å². The standard InChI is InChI=1S/C15H27N3O/c16-11-15-8-4-5-12(9-15)10-18(15)14(19)17-13-6-2-1-3-7-13/h12-13H,1-11,16H2,(H,17,19). The molecule has 0 aromatic carbocycles. The lowest BCUT2D eigenvalue weighted by Crippen LogP contribution is -2.56. The molecule has 3 aliphatic rings. The molecular formula is C15H27N3O. The van der Waals surface area contributed by atoms with Crippen LogP contribution in [0, 0.1) is 5.92 Å². The van der Waals surface area contributed by atoms with Crippen LogP contribution in [0.15, 0.2) is 0 Å². The predicted molar refractivity (Wildman–Crippen MR) is 75.9 cm³/mol. The van der Waals surface area contributed by atoms with E-state index in [-0.39, 0.29) is 11.6 Å². The minimum atomic E-state index is -0.0261. The number of rotatable bonds is 2. The Bertz CT molecular complexity index is 340. The zero-order valence-electron chi connectivity index (χ0n) is 11.9. The molecule has 2 bridgehead atoms. The van der Waals surface area contributed by atoms with E-state index < -0.39 is 0 Å². The molecular weight excluding hydrogens is 238 g/mol. The number of fused-ring (bicyclic) bond motifs is 2. The maximum atomic E-state index is 12.6. The van der Waals surface area contributed by atoms with Gasteiger partial charge in [-0.05, 0) is 38.0 Å². The van der Waals surface area contributed by atoms with Crippen LogP contribution in [0.2, 0.25) is 0 Å². The zero-order chi connectivity index (χ0) is 13.3. The molecule has 2 atom stereocenters. The van der Waals surface area contributed by atoms with Gasteiger partial charge in [0.1, 0.15) is 0 Å². The van der Waals surface area contributed by atoms with Crippen molar-refractivity contribution < 1.29 is 4.79 Å². The Kier molecular flexibility index (Phi) is 3.70. The van der Waals surface area contributed by atoms with Crippen molar-refractivity contribution in [1.82, 2.24) is 10.2 Å². The van der Waals surface area contributed by atoms with Crippen molar-refractivity contribution >= 4 is 6.03 Å². The van der Waals surface area contributed by atoms with Crippen LogP contribution < -0.4 is 11.1 Å². The van der Waals surface area contributed by atoms with Gasteiger partial charge in [0.15, 0.2) is 0 Å². The molecule has 0 aromatic rings. The van der Waals surface area contributed by atoms with E-state index in [1.807, 2.05) is 0 Å². The first-order valence-corrected chi connectivity index (χ1v) is 8.02. The van der Waals surface area contributed by atoms with Gasteiger partial charge in [0, 0.05) is 19.1 Å². The molecule has 1 aliphatic heterocycles. The van der Waals surface area contributed by atoms with Crippen LogP contribution in [0.5, 0.6) is 0 Å². The summed E-state index contributed by atoms with van der Waals surface area (Å²) in [5, 5.41) is 3.26. The fourth-order valence-corrected chi connectivity index (χ4v) is 4.41. The van der Waals surface area contributed by atoms with Crippen LogP contribution in [-0.4, -0.2) is 35.6 Å². The minimum Gasteiger partial charge on any atom is -0.335 e. The van der Waals surface area contributed by atoms with Crippen molar-refractivity contribution in [1.29, 1.82) is 0 Å². The van der Waals surface area contributed by atoms with E-state index in [1.165, 1.54) is 32.1 Å². The highest BCUT2D eigenvalue weighted by atomic mass is 16.2. The summed E-state index contributed by atoms with van der Waals surface area (Å²) in [6.45, 7) is 1.55. The van der Waals surface area contributed by atoms with E-state index in [0.29, 0.717) is 18.5 Å². The first-order chi connectivity index (χ1) is 9.23. The maximum Gasteiger partial charge on any atom is 0.318 e. The lowest BCUT2D eigenvalue weighted by molar-refractivity contribution is 0.135. The van der Waals surface area contributed by atoms with Crippen LogP contribution in [-0.2, 0) is 0 Å². The highest BCUT2D eigenvalue weighted by molar-refractivity contribution is 5.76. The summed E-state index contributed by atoms with van der Waals surface area (Å²) in [4.78, 5) is 14.7. The summed E-state index contributed by atoms with van der Waals surface area (Å²) >= 11 is 0. The van der Waals surface area contributed by atoms with Gasteiger partial charge < -0.3 is 16.0 Å². The van der Waals surface area contributed by atoms with Gasteiger partial charge in [-0.3, -0.25) is 0 Å². The fourth-order valence-electron chi connectivity index (χ4n) is 4.41. The van der Waals surface area contributed by atoms with E-state index in [0.717, 1.165) is 32.2 Å². The van der Waals surface area contributed by atoms with Crippen LogP contribution in [0.4, 0.5) is 4.79 Å². The normalized spacial score (nSPS) is 35.4. The largest absolute Gasteiger partial charge is 0.335 e. The Hall–Kier alpha value is -0.770. The molecule has 3 rings (SSSR count). The Morgan fingerprint density at radius 1 is 1.21 bits per heavy atom. The van der Waals surface area contributed by atoms with Crippen LogP contribution >= 0.6 is 0 Å². The van der Waals surface area contributed by atoms with Crippen molar-refractivity contribution in [2.75, 3.05) is 13.1 Å². The van der Waals surface area contributed by atoms with E-state index in [4.69, 9.17) is 5.73 Å². The lowest BCUT2D eigenvalue weighted by Gasteiger charge is -2.39. The summed E-state index contributed by atoms with van der Waals surface area (Å²) in [5.74, 6) is 0.689. The molecule has 2 aliphatic carbocycles. The summed E-state index contributed by atoms with van der Waals surface area (Å²) in [6, 6.07) is 0.554. The van der Waals surface area contributed by atoms with E-state index in [1.54, 1.807) is 0 Å². The molecule has 1 saturated heterocycles. The van der Waals surface area contributed by atoms with Crippen molar-refractivity contribution in [2.24, 2.45) is 11.7 Å². The molecule has 19 heavy (non-hydrogen) atoms. The Morgan fingerprint density at radius 2 is 2.00 bits per heavy atom. The highest BCUT2D eigenvalue weighted by Gasteiger charge is 2.49. The van der Waals surface area contributed by atoms with Crippen LogP contribution in [0.25, 0.3) is 0 Å². The van der Waals surface area contributed by atoms with Crippen molar-refractivity contribution in [3.8, 4) is 0 Å². The monoisotopic (exact) mass is 265 g/mol. The topological polar surface area (TPSA) is 58.4 Å². The number of urea groups is 1.